The van der Waals surface area contributed by atoms with Crippen molar-refractivity contribution < 1.29 is 23.0 Å². The highest BCUT2D eigenvalue weighted by molar-refractivity contribution is 7.89. The first-order valence-electron chi connectivity index (χ1n) is 7.81. The number of ether oxygens (including phenoxy) is 2. The van der Waals surface area contributed by atoms with Crippen LogP contribution < -0.4 is 14.2 Å². The molecule has 2 aromatic carbocycles. The average molecular weight is 418 g/mol. The van der Waals surface area contributed by atoms with Gasteiger partial charge in [-0.3, -0.25) is 0 Å². The van der Waals surface area contributed by atoms with Crippen molar-refractivity contribution in [2.24, 2.45) is 0 Å². The summed E-state index contributed by atoms with van der Waals surface area (Å²) in [6.07, 6.45) is -0.669. The van der Waals surface area contributed by atoms with Crippen LogP contribution in [0.4, 0.5) is 0 Å². The third-order valence-electron chi connectivity index (χ3n) is 3.99. The minimum absolute atomic E-state index is 0.0376. The minimum atomic E-state index is -3.81. The zero-order valence-corrected chi connectivity index (χ0v) is 16.2. The summed E-state index contributed by atoms with van der Waals surface area (Å²) in [5.41, 5.74) is 1.23. The van der Waals surface area contributed by atoms with Gasteiger partial charge in [-0.25, -0.2) is 13.1 Å². The molecule has 0 spiro atoms. The van der Waals surface area contributed by atoms with Crippen molar-refractivity contribution in [1.29, 1.82) is 0 Å². The zero-order chi connectivity index (χ0) is 18.9. The maximum atomic E-state index is 12.4. The number of fused-ring (bicyclic) bond motifs is 1. The van der Waals surface area contributed by atoms with Crippen LogP contribution in [0.1, 0.15) is 23.7 Å². The molecule has 0 aromatic heterocycles. The van der Waals surface area contributed by atoms with E-state index in [1.807, 2.05) is 0 Å². The number of nitrogens with one attached hydrogen (secondary N) is 1. The van der Waals surface area contributed by atoms with Gasteiger partial charge in [0, 0.05) is 11.6 Å². The number of aliphatic hydroxyl groups excluding tert-OH is 1. The van der Waals surface area contributed by atoms with E-state index in [4.69, 9.17) is 32.7 Å². The lowest BCUT2D eigenvalue weighted by molar-refractivity contribution is 0.166. The van der Waals surface area contributed by atoms with Crippen LogP contribution >= 0.6 is 23.2 Å². The molecule has 0 saturated carbocycles. The van der Waals surface area contributed by atoms with Gasteiger partial charge in [0.2, 0.25) is 16.8 Å². The summed E-state index contributed by atoms with van der Waals surface area (Å²) in [4.78, 5) is -0.0429. The van der Waals surface area contributed by atoms with Crippen molar-refractivity contribution in [1.82, 2.24) is 4.72 Å². The van der Waals surface area contributed by atoms with Gasteiger partial charge < -0.3 is 14.6 Å². The van der Waals surface area contributed by atoms with Crippen molar-refractivity contribution in [2.75, 3.05) is 13.3 Å². The van der Waals surface area contributed by atoms with Gasteiger partial charge in [0.1, 0.15) is 4.90 Å². The van der Waals surface area contributed by atoms with Crippen LogP contribution in [0.15, 0.2) is 35.2 Å². The zero-order valence-electron chi connectivity index (χ0n) is 13.8. The number of rotatable bonds is 6. The van der Waals surface area contributed by atoms with E-state index in [2.05, 4.69) is 4.72 Å². The molecular weight excluding hydrogens is 401 g/mol. The molecule has 2 aromatic rings. The fraction of sp³-hybridized carbons (Fsp3) is 0.294. The number of halogens is 2. The van der Waals surface area contributed by atoms with Gasteiger partial charge in [-0.1, -0.05) is 29.3 Å². The molecule has 2 N–H and O–H groups in total. The molecule has 140 valence electrons. The van der Waals surface area contributed by atoms with E-state index in [9.17, 15) is 13.5 Å². The molecule has 0 bridgehead atoms. The van der Waals surface area contributed by atoms with Crippen molar-refractivity contribution in [3.63, 3.8) is 0 Å². The van der Waals surface area contributed by atoms with Crippen LogP contribution in [0, 0.1) is 6.92 Å². The van der Waals surface area contributed by atoms with Crippen molar-refractivity contribution in [3.8, 4) is 11.5 Å². The Morgan fingerprint density at radius 2 is 1.88 bits per heavy atom. The first kappa shape index (κ1) is 19.3. The number of aryl methyl sites for hydroxylation is 1. The normalized spacial score (nSPS) is 14.5. The molecule has 1 unspecified atom stereocenters. The second kappa shape index (κ2) is 7.62. The maximum Gasteiger partial charge on any atom is 0.242 e. The van der Waals surface area contributed by atoms with Gasteiger partial charge in [-0.2, -0.15) is 0 Å². The molecule has 0 amide bonds. The molecule has 3 rings (SSSR count). The number of hydrogen-bond acceptors (Lipinski definition) is 5. The first-order chi connectivity index (χ1) is 12.3. The second-order valence-corrected chi connectivity index (χ2v) is 8.40. The standard InChI is InChI=1S/C17H17Cl2NO5S/c1-10-6-17(13(19)8-12(10)18)26(22,23)20-5-4-14(21)11-2-3-15-16(7-11)25-9-24-15/h2-3,6-8,14,20-21H,4-5,9H2,1H3. The number of hydrogen-bond donors (Lipinski definition) is 2. The first-order valence-corrected chi connectivity index (χ1v) is 10.0. The monoisotopic (exact) mass is 417 g/mol. The Balaban J connectivity index is 1.64. The fourth-order valence-corrected chi connectivity index (χ4v) is 4.41. The molecule has 0 saturated heterocycles. The van der Waals surface area contributed by atoms with Crippen LogP contribution in [-0.4, -0.2) is 26.9 Å². The molecule has 1 aliphatic heterocycles. The van der Waals surface area contributed by atoms with Crippen LogP contribution in [0.2, 0.25) is 10.0 Å². The van der Waals surface area contributed by atoms with E-state index >= 15 is 0 Å². The van der Waals surface area contributed by atoms with Crippen LogP contribution in [-0.2, 0) is 10.0 Å². The van der Waals surface area contributed by atoms with E-state index in [1.165, 1.54) is 12.1 Å². The highest BCUT2D eigenvalue weighted by atomic mass is 35.5. The smallest absolute Gasteiger partial charge is 0.242 e. The SMILES string of the molecule is Cc1cc(S(=O)(=O)NCCC(O)c2ccc3c(c2)OCO3)c(Cl)cc1Cl. The highest BCUT2D eigenvalue weighted by Crippen LogP contribution is 2.34. The van der Waals surface area contributed by atoms with Crippen molar-refractivity contribution in [3.05, 3.63) is 51.5 Å². The van der Waals surface area contributed by atoms with Gasteiger partial charge in [-0.05, 0) is 48.7 Å². The summed E-state index contributed by atoms with van der Waals surface area (Å²) in [5, 5.41) is 10.7. The lowest BCUT2D eigenvalue weighted by Crippen LogP contribution is -2.26. The van der Waals surface area contributed by atoms with Gasteiger partial charge in [0.15, 0.2) is 11.5 Å². The summed E-state index contributed by atoms with van der Waals surface area (Å²) in [6.45, 7) is 1.88. The van der Waals surface area contributed by atoms with Gasteiger partial charge >= 0.3 is 0 Å². The Morgan fingerprint density at radius 1 is 1.15 bits per heavy atom. The molecule has 6 nitrogen and oxygen atoms in total. The highest BCUT2D eigenvalue weighted by Gasteiger charge is 2.21. The Morgan fingerprint density at radius 3 is 2.65 bits per heavy atom. The van der Waals surface area contributed by atoms with Gasteiger partial charge in [0.25, 0.3) is 0 Å². The van der Waals surface area contributed by atoms with E-state index < -0.39 is 16.1 Å². The third-order valence-corrected chi connectivity index (χ3v) is 6.33. The predicted octanol–water partition coefficient (Wildman–Crippen LogP) is 3.43. The Hall–Kier alpha value is -1.51. The number of benzene rings is 2. The Labute approximate surface area is 161 Å². The van der Waals surface area contributed by atoms with Crippen molar-refractivity contribution >= 4 is 33.2 Å². The average Bonchev–Trinajstić information content (AvgIpc) is 3.05. The number of aliphatic hydroxyl groups is 1. The van der Waals surface area contributed by atoms with E-state index in [0.29, 0.717) is 27.6 Å². The van der Waals surface area contributed by atoms with Crippen molar-refractivity contribution in [2.45, 2.75) is 24.3 Å². The molecule has 0 aliphatic carbocycles. The minimum Gasteiger partial charge on any atom is -0.454 e. The van der Waals surface area contributed by atoms with E-state index in [0.717, 1.165) is 0 Å². The predicted molar refractivity (Wildman–Crippen MR) is 98.5 cm³/mol. The summed E-state index contributed by atoms with van der Waals surface area (Å²) in [6, 6.07) is 7.92. The molecular formula is C17H17Cl2NO5S. The second-order valence-electron chi connectivity index (χ2n) is 5.85. The lowest BCUT2D eigenvalue weighted by atomic mass is 10.1. The fourth-order valence-electron chi connectivity index (χ4n) is 2.53. The third kappa shape index (κ3) is 4.07. The lowest BCUT2D eigenvalue weighted by Gasteiger charge is -2.13. The molecule has 1 aliphatic rings. The molecule has 9 heteroatoms. The number of sulfonamides is 1. The van der Waals surface area contributed by atoms with Gasteiger partial charge in [0.05, 0.1) is 11.1 Å². The summed E-state index contributed by atoms with van der Waals surface area (Å²) in [5.74, 6) is 1.18. The quantitative estimate of drug-likeness (QED) is 0.751. The van der Waals surface area contributed by atoms with Crippen LogP contribution in [0.3, 0.4) is 0 Å². The largest absolute Gasteiger partial charge is 0.454 e. The summed E-state index contributed by atoms with van der Waals surface area (Å²) >= 11 is 11.9. The molecule has 0 fully saturated rings. The van der Waals surface area contributed by atoms with E-state index in [1.54, 1.807) is 25.1 Å². The molecule has 26 heavy (non-hydrogen) atoms. The van der Waals surface area contributed by atoms with E-state index in [-0.39, 0.29) is 29.7 Å². The maximum absolute atomic E-state index is 12.4. The van der Waals surface area contributed by atoms with Crippen LogP contribution in [0.25, 0.3) is 0 Å². The topological polar surface area (TPSA) is 84.9 Å². The molecule has 1 heterocycles. The summed E-state index contributed by atoms with van der Waals surface area (Å²) < 4.78 is 37.8. The molecule has 0 radical (unpaired) electrons. The van der Waals surface area contributed by atoms with Crippen LogP contribution in [0.5, 0.6) is 11.5 Å². The Bertz CT molecular complexity index is 933. The Kier molecular flexibility index (Phi) is 5.64. The van der Waals surface area contributed by atoms with Gasteiger partial charge in [-0.15, -0.1) is 0 Å². The summed E-state index contributed by atoms with van der Waals surface area (Å²) in [7, 11) is -3.81. The molecule has 1 atom stereocenters.